The Morgan fingerprint density at radius 1 is 0.500 bits per heavy atom. The Balaban J connectivity index is 2.37. The first kappa shape index (κ1) is 34.6. The molecule has 2 rings (SSSR count). The summed E-state index contributed by atoms with van der Waals surface area (Å²) in [5.74, 6) is 4.37. The predicted molar refractivity (Wildman–Crippen MR) is 187 cm³/mol. The molecule has 214 valence electrons. The molecule has 0 nitrogen and oxygen atoms in total. The monoisotopic (exact) mass is 630 g/mol. The quantitative estimate of drug-likeness (QED) is 0.0861. The first-order valence-electron chi connectivity index (χ1n) is 14.4. The topological polar surface area (TPSA) is 0 Å². The zero-order valence-electron chi connectivity index (χ0n) is 23.3. The van der Waals surface area contributed by atoms with Crippen molar-refractivity contribution in [3.05, 3.63) is 67.7 Å². The number of hydrogen-bond donors (Lipinski definition) is 4. The van der Waals surface area contributed by atoms with Gasteiger partial charge in [-0.25, -0.2) is 0 Å². The molecule has 0 heterocycles. The van der Waals surface area contributed by atoms with Gasteiger partial charge in [-0.15, -0.1) is 0 Å². The average molecular weight is 632 g/mol. The van der Waals surface area contributed by atoms with Crippen molar-refractivity contribution in [3.8, 4) is 0 Å². The molecule has 2 unspecified atom stereocenters. The third kappa shape index (κ3) is 11.0. The molecule has 2 aromatic carbocycles. The minimum Gasteiger partial charge on any atom is -0.179 e. The van der Waals surface area contributed by atoms with Gasteiger partial charge in [-0.3, -0.25) is 0 Å². The Morgan fingerprint density at radius 2 is 0.816 bits per heavy atom. The summed E-state index contributed by atoms with van der Waals surface area (Å²) in [5, 5.41) is 1.85. The third-order valence-corrected chi connectivity index (χ3v) is 9.74. The number of benzene rings is 2. The van der Waals surface area contributed by atoms with E-state index < -0.39 is 0 Å². The molecule has 0 bridgehead atoms. The maximum atomic E-state index is 6.96. The minimum atomic E-state index is 0.332. The van der Waals surface area contributed by atoms with E-state index in [0.29, 0.717) is 11.8 Å². The van der Waals surface area contributed by atoms with Crippen molar-refractivity contribution in [1.82, 2.24) is 0 Å². The molecule has 2 atom stereocenters. The maximum Gasteiger partial charge on any atom is 0.0443 e. The predicted octanol–water partition coefficient (Wildman–Crippen LogP) is 10.9. The van der Waals surface area contributed by atoms with Gasteiger partial charge in [0.15, 0.2) is 0 Å². The summed E-state index contributed by atoms with van der Waals surface area (Å²) in [6.45, 7) is 4.67. The number of halogens is 2. The van der Waals surface area contributed by atoms with Crippen molar-refractivity contribution in [3.63, 3.8) is 0 Å². The van der Waals surface area contributed by atoms with Gasteiger partial charge in [0.25, 0.3) is 0 Å². The Morgan fingerprint density at radius 3 is 1.13 bits per heavy atom. The molecule has 38 heavy (non-hydrogen) atoms. The van der Waals surface area contributed by atoms with Gasteiger partial charge < -0.3 is 0 Å². The molecule has 0 aromatic heterocycles. The standard InChI is InChI=1S/C32H48Cl2S4/c1-23(27-19-25(11-3-7-15-35)29(31(33)21-27)13-5-9-17-37)24(2)28-20-26(12-4-8-16-36)30(32(34)22-28)14-6-10-18-38/h19-24,35-38H,3-18H2,1-2H3. The van der Waals surface area contributed by atoms with E-state index in [0.717, 1.165) is 110 Å². The number of aryl methyl sites for hydroxylation is 2. The third-order valence-electron chi connectivity index (χ3n) is 7.80. The lowest BCUT2D eigenvalue weighted by atomic mass is 9.81. The van der Waals surface area contributed by atoms with Crippen LogP contribution in [-0.4, -0.2) is 23.0 Å². The van der Waals surface area contributed by atoms with Gasteiger partial charge in [-0.1, -0.05) is 49.2 Å². The van der Waals surface area contributed by atoms with Crippen LogP contribution < -0.4 is 0 Å². The van der Waals surface area contributed by atoms with Crippen LogP contribution >= 0.6 is 73.7 Å². The van der Waals surface area contributed by atoms with E-state index in [2.05, 4.69) is 88.6 Å². The molecule has 6 heteroatoms. The molecule has 0 saturated heterocycles. The van der Waals surface area contributed by atoms with E-state index in [1.165, 1.54) is 33.4 Å². The van der Waals surface area contributed by atoms with Gasteiger partial charge in [0, 0.05) is 10.0 Å². The summed E-state index contributed by atoms with van der Waals surface area (Å²) in [4.78, 5) is 0. The highest BCUT2D eigenvalue weighted by atomic mass is 35.5. The first-order valence-corrected chi connectivity index (χ1v) is 17.7. The summed E-state index contributed by atoms with van der Waals surface area (Å²) >= 11 is 31.6. The highest BCUT2D eigenvalue weighted by molar-refractivity contribution is 7.80. The van der Waals surface area contributed by atoms with E-state index in [9.17, 15) is 0 Å². The van der Waals surface area contributed by atoms with E-state index in [1.54, 1.807) is 0 Å². The average Bonchev–Trinajstić information content (AvgIpc) is 2.90. The smallest absolute Gasteiger partial charge is 0.0443 e. The van der Waals surface area contributed by atoms with Crippen LogP contribution in [0, 0.1) is 0 Å². The van der Waals surface area contributed by atoms with Crippen LogP contribution in [0.5, 0.6) is 0 Å². The summed E-state index contributed by atoms with van der Waals surface area (Å²) in [6.07, 6.45) is 13.2. The van der Waals surface area contributed by atoms with Crippen molar-refractivity contribution in [1.29, 1.82) is 0 Å². The van der Waals surface area contributed by atoms with Crippen molar-refractivity contribution >= 4 is 73.7 Å². The fourth-order valence-corrected chi connectivity index (χ4v) is 6.80. The highest BCUT2D eigenvalue weighted by Gasteiger charge is 2.21. The second-order valence-corrected chi connectivity index (χ2v) is 13.2. The molecule has 2 aromatic rings. The van der Waals surface area contributed by atoms with Gasteiger partial charge in [-0.05, 0) is 157 Å². The van der Waals surface area contributed by atoms with Crippen LogP contribution in [-0.2, 0) is 25.7 Å². The number of unbranched alkanes of at least 4 members (excludes halogenated alkanes) is 4. The molecular weight excluding hydrogens is 584 g/mol. The van der Waals surface area contributed by atoms with E-state index in [-0.39, 0.29) is 0 Å². The summed E-state index contributed by atoms with van der Waals surface area (Å²) < 4.78 is 0. The molecule has 0 N–H and O–H groups in total. The molecule has 0 spiro atoms. The van der Waals surface area contributed by atoms with Gasteiger partial charge >= 0.3 is 0 Å². The summed E-state index contributed by atoms with van der Waals surface area (Å²) in [7, 11) is 0. The minimum absolute atomic E-state index is 0.332. The van der Waals surface area contributed by atoms with Crippen LogP contribution in [0.2, 0.25) is 10.0 Å². The molecule has 0 aliphatic carbocycles. The molecule has 0 aliphatic heterocycles. The van der Waals surface area contributed by atoms with Crippen molar-refractivity contribution in [2.75, 3.05) is 23.0 Å². The van der Waals surface area contributed by atoms with Crippen molar-refractivity contribution in [2.24, 2.45) is 0 Å². The van der Waals surface area contributed by atoms with Gasteiger partial charge in [0.1, 0.15) is 0 Å². The summed E-state index contributed by atoms with van der Waals surface area (Å²) in [6, 6.07) is 9.31. The van der Waals surface area contributed by atoms with Gasteiger partial charge in [0.2, 0.25) is 0 Å². The Kier molecular flexibility index (Phi) is 17.8. The normalized spacial score (nSPS) is 13.2. The zero-order chi connectivity index (χ0) is 27.9. The molecule has 0 radical (unpaired) electrons. The molecule has 0 aliphatic rings. The van der Waals surface area contributed by atoms with Crippen LogP contribution in [0.1, 0.15) is 110 Å². The Bertz CT molecular complexity index is 885. The van der Waals surface area contributed by atoms with Gasteiger partial charge in [0.05, 0.1) is 0 Å². The SMILES string of the molecule is CC(c1cc(Cl)c(CCCCS)c(CCCCS)c1)C(C)c1cc(Cl)c(CCCCS)c(CCCCS)c1. The summed E-state index contributed by atoms with van der Waals surface area (Å²) in [5.41, 5.74) is 8.14. The lowest BCUT2D eigenvalue weighted by Crippen LogP contribution is -2.09. The molecule has 0 fully saturated rings. The lowest BCUT2D eigenvalue weighted by Gasteiger charge is -2.25. The number of hydrogen-bond acceptors (Lipinski definition) is 4. The van der Waals surface area contributed by atoms with E-state index in [1.807, 2.05) is 0 Å². The molecule has 0 saturated carbocycles. The number of thiol groups is 4. The fourth-order valence-electron chi connectivity index (χ4n) is 5.22. The Hall–Kier alpha value is 0.420. The second kappa shape index (κ2) is 19.5. The van der Waals surface area contributed by atoms with Crippen molar-refractivity contribution < 1.29 is 0 Å². The zero-order valence-corrected chi connectivity index (χ0v) is 28.4. The van der Waals surface area contributed by atoms with Gasteiger partial charge in [-0.2, -0.15) is 50.5 Å². The van der Waals surface area contributed by atoms with Crippen LogP contribution in [0.3, 0.4) is 0 Å². The largest absolute Gasteiger partial charge is 0.179 e. The van der Waals surface area contributed by atoms with E-state index >= 15 is 0 Å². The van der Waals surface area contributed by atoms with Crippen LogP contribution in [0.25, 0.3) is 0 Å². The van der Waals surface area contributed by atoms with Crippen LogP contribution in [0.4, 0.5) is 0 Å². The molecular formula is C32H48Cl2S4. The van der Waals surface area contributed by atoms with E-state index in [4.69, 9.17) is 23.2 Å². The fraction of sp³-hybridized carbons (Fsp3) is 0.625. The van der Waals surface area contributed by atoms with Crippen LogP contribution in [0.15, 0.2) is 24.3 Å². The van der Waals surface area contributed by atoms with Crippen molar-refractivity contribution in [2.45, 2.75) is 103 Å². The second-order valence-electron chi connectivity index (χ2n) is 10.6. The lowest BCUT2D eigenvalue weighted by molar-refractivity contribution is 0.620. The first-order chi connectivity index (χ1) is 18.4. The maximum absolute atomic E-state index is 6.96. The molecule has 0 amide bonds. The Labute approximate surface area is 265 Å². The number of rotatable bonds is 19. The highest BCUT2D eigenvalue weighted by Crippen LogP contribution is 2.39.